The number of hydrogen-bond donors (Lipinski definition) is 1. The molecule has 1 saturated carbocycles. The molecule has 0 saturated heterocycles. The number of rotatable bonds is 4. The minimum absolute atomic E-state index is 0.351. The van der Waals surface area contributed by atoms with Crippen LogP contribution in [-0.4, -0.2) is 10.1 Å². The predicted octanol–water partition coefficient (Wildman–Crippen LogP) is 2.53. The predicted molar refractivity (Wildman–Crippen MR) is 61.9 cm³/mol. The molecule has 4 heteroatoms. The fourth-order valence-corrected chi connectivity index (χ4v) is 2.29. The lowest BCUT2D eigenvalue weighted by Crippen LogP contribution is -2.39. The van der Waals surface area contributed by atoms with Gasteiger partial charge in [0.15, 0.2) is 5.82 Å². The summed E-state index contributed by atoms with van der Waals surface area (Å²) >= 11 is 0. The molecule has 2 N–H and O–H groups in total. The second-order valence-electron chi connectivity index (χ2n) is 4.84. The molecule has 0 amide bonds. The van der Waals surface area contributed by atoms with E-state index in [0.29, 0.717) is 5.89 Å². The van der Waals surface area contributed by atoms with E-state index >= 15 is 0 Å². The molecule has 2 rings (SSSR count). The van der Waals surface area contributed by atoms with Gasteiger partial charge in [0, 0.05) is 6.42 Å². The molecule has 0 unspecified atom stereocenters. The van der Waals surface area contributed by atoms with Crippen molar-refractivity contribution in [2.75, 3.05) is 0 Å². The maximum atomic E-state index is 6.33. The number of aryl methyl sites for hydroxylation is 1. The van der Waals surface area contributed by atoms with Crippen molar-refractivity contribution >= 4 is 0 Å². The summed E-state index contributed by atoms with van der Waals surface area (Å²) in [5.41, 5.74) is 5.97. The van der Waals surface area contributed by atoms with E-state index in [1.165, 1.54) is 19.3 Å². The Morgan fingerprint density at radius 1 is 1.31 bits per heavy atom. The van der Waals surface area contributed by atoms with Crippen molar-refractivity contribution in [2.24, 2.45) is 5.73 Å². The van der Waals surface area contributed by atoms with Gasteiger partial charge in [-0.3, -0.25) is 0 Å². The summed E-state index contributed by atoms with van der Waals surface area (Å²) < 4.78 is 5.32. The monoisotopic (exact) mass is 223 g/mol. The Morgan fingerprint density at radius 3 is 2.75 bits per heavy atom. The molecule has 0 bridgehead atoms. The molecule has 90 valence electrons. The van der Waals surface area contributed by atoms with Crippen LogP contribution < -0.4 is 5.73 Å². The van der Waals surface area contributed by atoms with E-state index in [-0.39, 0.29) is 5.54 Å². The van der Waals surface area contributed by atoms with E-state index in [2.05, 4.69) is 17.1 Å². The largest absolute Gasteiger partial charge is 0.337 e. The standard InChI is InChI=1S/C12H21N3O/c1-2-3-7-10-14-11(16-15-10)12(13)8-5-4-6-9-12/h2-9,13H2,1H3. The Hall–Kier alpha value is -0.900. The first-order valence-electron chi connectivity index (χ1n) is 6.36. The smallest absolute Gasteiger partial charge is 0.246 e. The first-order valence-corrected chi connectivity index (χ1v) is 6.36. The number of aromatic nitrogens is 2. The Morgan fingerprint density at radius 2 is 2.06 bits per heavy atom. The summed E-state index contributed by atoms with van der Waals surface area (Å²) in [5.74, 6) is 1.46. The zero-order valence-electron chi connectivity index (χ0n) is 10.0. The summed E-state index contributed by atoms with van der Waals surface area (Å²) in [6, 6.07) is 0. The Balaban J connectivity index is 2.05. The van der Waals surface area contributed by atoms with Crippen LogP contribution in [0.25, 0.3) is 0 Å². The van der Waals surface area contributed by atoms with Crippen molar-refractivity contribution in [2.45, 2.75) is 63.8 Å². The SMILES string of the molecule is CCCCc1noc(C2(N)CCCCC2)n1. The molecule has 4 nitrogen and oxygen atoms in total. The van der Waals surface area contributed by atoms with Crippen LogP contribution in [0, 0.1) is 0 Å². The van der Waals surface area contributed by atoms with Gasteiger partial charge in [0.25, 0.3) is 0 Å². The van der Waals surface area contributed by atoms with Gasteiger partial charge < -0.3 is 10.3 Å². The third-order valence-electron chi connectivity index (χ3n) is 3.39. The van der Waals surface area contributed by atoms with Gasteiger partial charge in [0.05, 0.1) is 5.54 Å². The lowest BCUT2D eigenvalue weighted by molar-refractivity contribution is 0.219. The number of unbranched alkanes of at least 4 members (excludes halogenated alkanes) is 1. The zero-order valence-corrected chi connectivity index (χ0v) is 10.0. The van der Waals surface area contributed by atoms with Crippen molar-refractivity contribution in [1.29, 1.82) is 0 Å². The lowest BCUT2D eigenvalue weighted by atomic mass is 9.82. The third kappa shape index (κ3) is 2.43. The highest BCUT2D eigenvalue weighted by Crippen LogP contribution is 2.33. The van der Waals surface area contributed by atoms with Gasteiger partial charge in [-0.05, 0) is 19.3 Å². The molecule has 0 aromatic carbocycles. The van der Waals surface area contributed by atoms with Crippen molar-refractivity contribution in [3.63, 3.8) is 0 Å². The highest BCUT2D eigenvalue weighted by molar-refractivity contribution is 5.03. The topological polar surface area (TPSA) is 64.9 Å². The zero-order chi connectivity index (χ0) is 11.4. The van der Waals surface area contributed by atoms with E-state index in [4.69, 9.17) is 10.3 Å². The van der Waals surface area contributed by atoms with E-state index in [9.17, 15) is 0 Å². The lowest BCUT2D eigenvalue weighted by Gasteiger charge is -2.29. The van der Waals surface area contributed by atoms with E-state index < -0.39 is 0 Å². The van der Waals surface area contributed by atoms with Crippen LogP contribution in [0.1, 0.15) is 63.6 Å². The molecule has 1 aliphatic carbocycles. The molecule has 1 aliphatic rings. The first-order chi connectivity index (χ1) is 7.74. The normalized spacial score (nSPS) is 19.9. The maximum absolute atomic E-state index is 6.33. The second-order valence-corrected chi connectivity index (χ2v) is 4.84. The molecule has 1 heterocycles. The molecule has 0 atom stereocenters. The highest BCUT2D eigenvalue weighted by atomic mass is 16.5. The van der Waals surface area contributed by atoms with Gasteiger partial charge in [-0.15, -0.1) is 0 Å². The summed E-state index contributed by atoms with van der Waals surface area (Å²) in [4.78, 5) is 4.44. The quantitative estimate of drug-likeness (QED) is 0.851. The molecule has 16 heavy (non-hydrogen) atoms. The highest BCUT2D eigenvalue weighted by Gasteiger charge is 2.34. The fraction of sp³-hybridized carbons (Fsp3) is 0.833. The maximum Gasteiger partial charge on any atom is 0.246 e. The molecule has 1 fully saturated rings. The van der Waals surface area contributed by atoms with Gasteiger partial charge in [-0.2, -0.15) is 4.98 Å². The molecule has 0 radical (unpaired) electrons. The number of nitrogens with zero attached hydrogens (tertiary/aromatic N) is 2. The Kier molecular flexibility index (Phi) is 3.59. The van der Waals surface area contributed by atoms with Gasteiger partial charge >= 0.3 is 0 Å². The minimum atomic E-state index is -0.351. The van der Waals surface area contributed by atoms with Crippen LogP contribution in [0.3, 0.4) is 0 Å². The molecule has 0 aliphatic heterocycles. The van der Waals surface area contributed by atoms with E-state index in [1.54, 1.807) is 0 Å². The van der Waals surface area contributed by atoms with Gasteiger partial charge in [-0.1, -0.05) is 37.8 Å². The minimum Gasteiger partial charge on any atom is -0.337 e. The molecular weight excluding hydrogens is 202 g/mol. The first kappa shape index (κ1) is 11.6. The van der Waals surface area contributed by atoms with Crippen molar-refractivity contribution in [3.05, 3.63) is 11.7 Å². The van der Waals surface area contributed by atoms with Crippen LogP contribution in [0.4, 0.5) is 0 Å². The molecule has 1 aromatic rings. The number of hydrogen-bond acceptors (Lipinski definition) is 4. The summed E-state index contributed by atoms with van der Waals surface area (Å²) in [6.07, 6.45) is 8.72. The second kappa shape index (κ2) is 4.95. The van der Waals surface area contributed by atoms with Crippen LogP contribution >= 0.6 is 0 Å². The van der Waals surface area contributed by atoms with Gasteiger partial charge in [0.2, 0.25) is 5.89 Å². The van der Waals surface area contributed by atoms with Crippen molar-refractivity contribution in [1.82, 2.24) is 10.1 Å². The average molecular weight is 223 g/mol. The summed E-state index contributed by atoms with van der Waals surface area (Å²) in [5, 5.41) is 4.01. The van der Waals surface area contributed by atoms with Crippen LogP contribution in [0.15, 0.2) is 4.52 Å². The molecule has 0 spiro atoms. The Labute approximate surface area is 96.6 Å². The van der Waals surface area contributed by atoms with Gasteiger partial charge in [-0.25, -0.2) is 0 Å². The summed E-state index contributed by atoms with van der Waals surface area (Å²) in [6.45, 7) is 2.16. The molecule has 1 aromatic heterocycles. The fourth-order valence-electron chi connectivity index (χ4n) is 2.29. The van der Waals surface area contributed by atoms with E-state index in [1.807, 2.05) is 0 Å². The third-order valence-corrected chi connectivity index (χ3v) is 3.39. The summed E-state index contributed by atoms with van der Waals surface area (Å²) in [7, 11) is 0. The van der Waals surface area contributed by atoms with Crippen LogP contribution in [0.5, 0.6) is 0 Å². The van der Waals surface area contributed by atoms with Crippen molar-refractivity contribution in [3.8, 4) is 0 Å². The van der Waals surface area contributed by atoms with E-state index in [0.717, 1.165) is 37.9 Å². The van der Waals surface area contributed by atoms with Crippen molar-refractivity contribution < 1.29 is 4.52 Å². The Bertz CT molecular complexity index is 329. The van der Waals surface area contributed by atoms with Gasteiger partial charge in [0.1, 0.15) is 0 Å². The average Bonchev–Trinajstić information content (AvgIpc) is 2.77. The number of nitrogens with two attached hydrogens (primary N) is 1. The van der Waals surface area contributed by atoms with Crippen LogP contribution in [-0.2, 0) is 12.0 Å². The molecular formula is C12H21N3O. The van der Waals surface area contributed by atoms with Crippen LogP contribution in [0.2, 0.25) is 0 Å².